The van der Waals surface area contributed by atoms with Gasteiger partial charge in [-0.25, -0.2) is 14.4 Å². The summed E-state index contributed by atoms with van der Waals surface area (Å²) < 4.78 is 31.5. The number of ether oxygens (including phenoxy) is 3. The second-order valence-electron chi connectivity index (χ2n) is 12.6. The van der Waals surface area contributed by atoms with Crippen LogP contribution in [-0.4, -0.2) is 39.5 Å². The molecule has 1 aliphatic heterocycles. The molecule has 1 aromatic heterocycles. The van der Waals surface area contributed by atoms with E-state index in [1.165, 1.54) is 12.1 Å². The molecule has 0 bridgehead atoms. The highest BCUT2D eigenvalue weighted by Crippen LogP contribution is 2.33. The highest BCUT2D eigenvalue weighted by atomic mass is 19.1. The maximum absolute atomic E-state index is 13.8. The number of carbonyl (C=O) groups excluding carboxylic acids is 1. The molecule has 0 radical (unpaired) electrons. The molecule has 39 heavy (non-hydrogen) atoms. The first-order chi connectivity index (χ1) is 18.1. The SMILES string of the molecule is CC(C)CCc1nc(-c2ccc(F)cc2)c(C=CC2CC(CC(=O)OC(C)(C)C)OC(C)(C)O2)c(C(C)C)n1. The van der Waals surface area contributed by atoms with Gasteiger partial charge in [0.15, 0.2) is 5.79 Å². The van der Waals surface area contributed by atoms with E-state index in [0.29, 0.717) is 12.3 Å². The number of benzene rings is 1. The van der Waals surface area contributed by atoms with Crippen molar-refractivity contribution in [2.75, 3.05) is 0 Å². The van der Waals surface area contributed by atoms with Gasteiger partial charge in [-0.05, 0) is 77.1 Å². The van der Waals surface area contributed by atoms with E-state index in [1.807, 2.05) is 46.8 Å². The van der Waals surface area contributed by atoms with Crippen molar-refractivity contribution in [3.05, 3.63) is 53.2 Å². The molecule has 3 rings (SSSR count). The lowest BCUT2D eigenvalue weighted by Crippen LogP contribution is -2.45. The first-order valence-corrected chi connectivity index (χ1v) is 14.0. The van der Waals surface area contributed by atoms with Gasteiger partial charge in [0.2, 0.25) is 0 Å². The lowest BCUT2D eigenvalue weighted by atomic mass is 9.96. The van der Waals surface area contributed by atoms with E-state index in [9.17, 15) is 9.18 Å². The van der Waals surface area contributed by atoms with Gasteiger partial charge in [-0.3, -0.25) is 4.79 Å². The number of hydrogen-bond acceptors (Lipinski definition) is 6. The molecule has 0 aliphatic carbocycles. The minimum Gasteiger partial charge on any atom is -0.460 e. The third kappa shape index (κ3) is 9.50. The third-order valence-electron chi connectivity index (χ3n) is 6.30. The van der Waals surface area contributed by atoms with E-state index in [1.54, 1.807) is 12.1 Å². The molecular weight excluding hydrogens is 495 g/mol. The van der Waals surface area contributed by atoms with Crippen LogP contribution < -0.4 is 0 Å². The molecule has 2 atom stereocenters. The summed E-state index contributed by atoms with van der Waals surface area (Å²) >= 11 is 0. The minimum absolute atomic E-state index is 0.150. The van der Waals surface area contributed by atoms with Crippen molar-refractivity contribution in [2.24, 2.45) is 5.92 Å². The normalized spacial score (nSPS) is 19.7. The van der Waals surface area contributed by atoms with E-state index < -0.39 is 11.4 Å². The van der Waals surface area contributed by atoms with Crippen molar-refractivity contribution >= 4 is 12.0 Å². The summed E-state index contributed by atoms with van der Waals surface area (Å²) in [5.74, 6) is 0.0356. The number of halogens is 1. The number of aromatic nitrogens is 2. The Kier molecular flexibility index (Phi) is 10.1. The standard InChI is InChI=1S/C32H45FN2O4/c1-20(2)10-17-27-34-29(21(3)4)26(30(35-27)22-11-13-23(33)14-12-22)16-15-24-18-25(38-32(8,9)37-24)19-28(36)39-31(5,6)7/h11-16,20-21,24-25H,10,17-19H2,1-9H3. The summed E-state index contributed by atoms with van der Waals surface area (Å²) in [5.41, 5.74) is 2.89. The fraction of sp³-hybridized carbons (Fsp3) is 0.594. The van der Waals surface area contributed by atoms with Crippen LogP contribution in [0.1, 0.15) is 105 Å². The Hall–Kier alpha value is -2.64. The van der Waals surface area contributed by atoms with Gasteiger partial charge < -0.3 is 14.2 Å². The molecular formula is C32H45FN2O4. The monoisotopic (exact) mass is 540 g/mol. The van der Waals surface area contributed by atoms with Gasteiger partial charge in [0.25, 0.3) is 0 Å². The van der Waals surface area contributed by atoms with Gasteiger partial charge in [-0.15, -0.1) is 0 Å². The van der Waals surface area contributed by atoms with Crippen LogP contribution in [-0.2, 0) is 25.4 Å². The molecule has 0 saturated carbocycles. The second-order valence-corrected chi connectivity index (χ2v) is 12.6. The summed E-state index contributed by atoms with van der Waals surface area (Å²) in [4.78, 5) is 22.4. The van der Waals surface area contributed by atoms with Crippen molar-refractivity contribution in [3.8, 4) is 11.3 Å². The summed E-state index contributed by atoms with van der Waals surface area (Å²) in [6, 6.07) is 6.44. The Labute approximate surface area is 233 Å². The molecule has 1 aliphatic rings. The van der Waals surface area contributed by atoms with E-state index in [0.717, 1.165) is 41.2 Å². The highest BCUT2D eigenvalue weighted by Gasteiger charge is 2.36. The van der Waals surface area contributed by atoms with Gasteiger partial charge in [-0.1, -0.05) is 39.8 Å². The Morgan fingerprint density at radius 2 is 1.79 bits per heavy atom. The van der Waals surface area contributed by atoms with Crippen molar-refractivity contribution in [3.63, 3.8) is 0 Å². The topological polar surface area (TPSA) is 70.5 Å². The van der Waals surface area contributed by atoms with Crippen molar-refractivity contribution in [1.82, 2.24) is 9.97 Å². The van der Waals surface area contributed by atoms with Crippen molar-refractivity contribution in [2.45, 2.75) is 118 Å². The quantitative estimate of drug-likeness (QED) is 0.304. The summed E-state index contributed by atoms with van der Waals surface area (Å²) in [5, 5.41) is 0. The molecule has 1 fully saturated rings. The lowest BCUT2D eigenvalue weighted by Gasteiger charge is -2.39. The van der Waals surface area contributed by atoms with Gasteiger partial charge in [-0.2, -0.15) is 0 Å². The highest BCUT2D eigenvalue weighted by molar-refractivity contribution is 5.74. The first-order valence-electron chi connectivity index (χ1n) is 14.0. The average molecular weight is 541 g/mol. The van der Waals surface area contributed by atoms with Crippen LogP contribution in [0.2, 0.25) is 0 Å². The van der Waals surface area contributed by atoms with Crippen LogP contribution in [0.5, 0.6) is 0 Å². The van der Waals surface area contributed by atoms with Gasteiger partial charge >= 0.3 is 5.97 Å². The van der Waals surface area contributed by atoms with Crippen LogP contribution in [0.4, 0.5) is 4.39 Å². The zero-order chi connectivity index (χ0) is 29.0. The lowest BCUT2D eigenvalue weighted by molar-refractivity contribution is -0.290. The summed E-state index contributed by atoms with van der Waals surface area (Å²) in [6.45, 7) is 17.9. The maximum Gasteiger partial charge on any atom is 0.308 e. The molecule has 0 N–H and O–H groups in total. The number of aryl methyl sites for hydroxylation is 1. The van der Waals surface area contributed by atoms with Gasteiger partial charge in [0.1, 0.15) is 17.2 Å². The van der Waals surface area contributed by atoms with Crippen LogP contribution in [0, 0.1) is 11.7 Å². The molecule has 1 saturated heterocycles. The van der Waals surface area contributed by atoms with E-state index in [-0.39, 0.29) is 36.3 Å². The molecule has 0 spiro atoms. The maximum atomic E-state index is 13.8. The number of hydrogen-bond donors (Lipinski definition) is 0. The molecule has 214 valence electrons. The summed E-state index contributed by atoms with van der Waals surface area (Å²) in [7, 11) is 0. The van der Waals surface area contributed by atoms with E-state index in [4.69, 9.17) is 24.2 Å². The largest absolute Gasteiger partial charge is 0.460 e. The molecule has 7 heteroatoms. The Balaban J connectivity index is 1.96. The minimum atomic E-state index is -0.863. The fourth-order valence-electron chi connectivity index (χ4n) is 4.66. The summed E-state index contributed by atoms with van der Waals surface area (Å²) in [6.07, 6.45) is 5.81. The molecule has 0 amide bonds. The van der Waals surface area contributed by atoms with Gasteiger partial charge in [0, 0.05) is 24.0 Å². The zero-order valence-electron chi connectivity index (χ0n) is 25.0. The van der Waals surface area contributed by atoms with Gasteiger partial charge in [0.05, 0.1) is 30.0 Å². The fourth-order valence-corrected chi connectivity index (χ4v) is 4.66. The second kappa shape index (κ2) is 12.7. The number of nitrogens with zero attached hydrogens (tertiary/aromatic N) is 2. The number of carbonyl (C=O) groups is 1. The number of esters is 1. The van der Waals surface area contributed by atoms with Crippen molar-refractivity contribution in [1.29, 1.82) is 0 Å². The first kappa shape index (κ1) is 30.9. The van der Waals surface area contributed by atoms with Crippen LogP contribution in [0.3, 0.4) is 0 Å². The number of rotatable bonds is 9. The molecule has 6 nitrogen and oxygen atoms in total. The Morgan fingerprint density at radius 1 is 1.13 bits per heavy atom. The Morgan fingerprint density at radius 3 is 2.38 bits per heavy atom. The predicted octanol–water partition coefficient (Wildman–Crippen LogP) is 7.65. The third-order valence-corrected chi connectivity index (χ3v) is 6.30. The molecule has 2 aromatic rings. The van der Waals surface area contributed by atoms with Crippen molar-refractivity contribution < 1.29 is 23.4 Å². The van der Waals surface area contributed by atoms with E-state index >= 15 is 0 Å². The van der Waals surface area contributed by atoms with Crippen LogP contribution in [0.15, 0.2) is 30.3 Å². The zero-order valence-corrected chi connectivity index (χ0v) is 25.0. The molecule has 2 unspecified atom stereocenters. The van der Waals surface area contributed by atoms with Crippen LogP contribution in [0.25, 0.3) is 17.3 Å². The smallest absolute Gasteiger partial charge is 0.308 e. The Bertz CT molecular complexity index is 1150. The average Bonchev–Trinajstić information content (AvgIpc) is 2.79. The predicted molar refractivity (Wildman–Crippen MR) is 153 cm³/mol. The van der Waals surface area contributed by atoms with Crippen LogP contribution >= 0.6 is 0 Å². The van der Waals surface area contributed by atoms with E-state index in [2.05, 4.69) is 27.7 Å². The molecule has 1 aromatic carbocycles. The molecule has 2 heterocycles.